The first-order valence-electron chi connectivity index (χ1n) is 15.0. The van der Waals surface area contributed by atoms with E-state index in [0.717, 1.165) is 55.1 Å². The van der Waals surface area contributed by atoms with Crippen molar-refractivity contribution in [3.8, 4) is 11.4 Å². The third kappa shape index (κ3) is 4.19. The maximum absolute atomic E-state index is 5.86. The van der Waals surface area contributed by atoms with E-state index in [4.69, 9.17) is 14.7 Å². The molecule has 40 heavy (non-hydrogen) atoms. The van der Waals surface area contributed by atoms with Crippen LogP contribution in [0.15, 0.2) is 42.6 Å². The molecule has 0 amide bonds. The number of hydrogen-bond acceptors (Lipinski definition) is 5. The third-order valence-electron chi connectivity index (χ3n) is 9.69. The SMILES string of the molecule is COC1C[C@H]2CC[C@@H](C1)N2c1nc(-c2cccc3[nH]cc(C)c23)nc2c1CN(c1cc(C(C)C)ccc1C)CC2. The molecule has 2 aromatic heterocycles. The number of hydrogen-bond donors (Lipinski definition) is 1. The van der Waals surface area contributed by atoms with E-state index in [2.05, 4.69) is 85.1 Å². The number of fused-ring (bicyclic) bond motifs is 4. The van der Waals surface area contributed by atoms with E-state index in [9.17, 15) is 0 Å². The molecule has 5 heterocycles. The molecule has 4 aromatic rings. The van der Waals surface area contributed by atoms with Gasteiger partial charge in [0.2, 0.25) is 0 Å². The normalized spacial score (nSPS) is 22.4. The topological polar surface area (TPSA) is 57.3 Å². The van der Waals surface area contributed by atoms with Gasteiger partial charge in [0.1, 0.15) is 5.82 Å². The van der Waals surface area contributed by atoms with Gasteiger partial charge in [0.25, 0.3) is 0 Å². The first kappa shape index (κ1) is 25.6. The molecule has 1 N–H and O–H groups in total. The van der Waals surface area contributed by atoms with Crippen molar-refractivity contribution < 1.29 is 4.74 Å². The van der Waals surface area contributed by atoms with Gasteiger partial charge >= 0.3 is 0 Å². The molecule has 2 saturated heterocycles. The van der Waals surface area contributed by atoms with Crippen LogP contribution in [0.2, 0.25) is 0 Å². The molecule has 3 aliphatic heterocycles. The van der Waals surface area contributed by atoms with Gasteiger partial charge in [-0.05, 0) is 74.3 Å². The fourth-order valence-corrected chi connectivity index (χ4v) is 7.47. The van der Waals surface area contributed by atoms with E-state index in [0.29, 0.717) is 24.1 Å². The molecule has 2 fully saturated rings. The van der Waals surface area contributed by atoms with Crippen LogP contribution in [0, 0.1) is 13.8 Å². The Bertz CT molecular complexity index is 1560. The molecule has 1 unspecified atom stereocenters. The molecule has 208 valence electrons. The van der Waals surface area contributed by atoms with Crippen molar-refractivity contribution in [2.75, 3.05) is 23.5 Å². The summed E-state index contributed by atoms with van der Waals surface area (Å²) in [7, 11) is 1.87. The summed E-state index contributed by atoms with van der Waals surface area (Å²) in [4.78, 5) is 19.4. The van der Waals surface area contributed by atoms with Gasteiger partial charge < -0.3 is 19.5 Å². The summed E-state index contributed by atoms with van der Waals surface area (Å²) in [5, 5.41) is 1.23. The molecule has 6 heteroatoms. The number of piperidine rings is 1. The Morgan fingerprint density at radius 3 is 2.55 bits per heavy atom. The molecular weight excluding hydrogens is 494 g/mol. The van der Waals surface area contributed by atoms with Crippen molar-refractivity contribution in [3.05, 3.63) is 70.5 Å². The second kappa shape index (κ2) is 9.91. The van der Waals surface area contributed by atoms with Gasteiger partial charge in [-0.1, -0.05) is 38.1 Å². The summed E-state index contributed by atoms with van der Waals surface area (Å²) < 4.78 is 5.86. The fraction of sp³-hybridized carbons (Fsp3) is 0.471. The number of H-pyrrole nitrogens is 1. The van der Waals surface area contributed by atoms with Crippen molar-refractivity contribution in [1.29, 1.82) is 0 Å². The van der Waals surface area contributed by atoms with Crippen LogP contribution in [-0.4, -0.2) is 46.8 Å². The largest absolute Gasteiger partial charge is 0.381 e. The van der Waals surface area contributed by atoms with Crippen LogP contribution in [0.1, 0.15) is 73.4 Å². The monoisotopic (exact) mass is 535 g/mol. The number of ether oxygens (including phenoxy) is 1. The minimum atomic E-state index is 0.347. The molecule has 0 spiro atoms. The van der Waals surface area contributed by atoms with Crippen molar-refractivity contribution in [1.82, 2.24) is 15.0 Å². The minimum absolute atomic E-state index is 0.347. The molecule has 0 aliphatic carbocycles. The summed E-state index contributed by atoms with van der Waals surface area (Å²) in [6, 6.07) is 14.4. The first-order chi connectivity index (χ1) is 19.4. The number of anilines is 2. The van der Waals surface area contributed by atoms with E-state index < -0.39 is 0 Å². The van der Waals surface area contributed by atoms with Gasteiger partial charge in [0.05, 0.1) is 11.8 Å². The van der Waals surface area contributed by atoms with Gasteiger partial charge in [-0.3, -0.25) is 0 Å². The van der Waals surface area contributed by atoms with Crippen LogP contribution in [-0.2, 0) is 17.7 Å². The zero-order valence-electron chi connectivity index (χ0n) is 24.5. The lowest BCUT2D eigenvalue weighted by Gasteiger charge is -2.42. The lowest BCUT2D eigenvalue weighted by molar-refractivity contribution is 0.0681. The highest BCUT2D eigenvalue weighted by Crippen LogP contribution is 2.43. The smallest absolute Gasteiger partial charge is 0.162 e. The summed E-state index contributed by atoms with van der Waals surface area (Å²) in [6.07, 6.45) is 7.94. The Hall–Kier alpha value is -3.38. The Balaban J connectivity index is 1.36. The fourth-order valence-electron chi connectivity index (χ4n) is 7.47. The highest BCUT2D eigenvalue weighted by atomic mass is 16.5. The van der Waals surface area contributed by atoms with Crippen molar-refractivity contribution in [2.24, 2.45) is 0 Å². The third-order valence-corrected chi connectivity index (χ3v) is 9.69. The molecule has 0 radical (unpaired) electrons. The first-order valence-corrected chi connectivity index (χ1v) is 15.0. The molecule has 0 saturated carbocycles. The Morgan fingerprint density at radius 2 is 1.80 bits per heavy atom. The minimum Gasteiger partial charge on any atom is -0.381 e. The molecule has 2 aromatic carbocycles. The van der Waals surface area contributed by atoms with Gasteiger partial charge in [-0.2, -0.15) is 0 Å². The summed E-state index contributed by atoms with van der Waals surface area (Å²) >= 11 is 0. The predicted octanol–water partition coefficient (Wildman–Crippen LogP) is 7.07. The average molecular weight is 536 g/mol. The molecule has 2 bridgehead atoms. The van der Waals surface area contributed by atoms with E-state index in [1.165, 1.54) is 51.9 Å². The second-order valence-electron chi connectivity index (χ2n) is 12.5. The molecule has 3 aliphatic rings. The Morgan fingerprint density at radius 1 is 1.00 bits per heavy atom. The molecular formula is C34H41N5O. The number of methoxy groups -OCH3 is 1. The average Bonchev–Trinajstić information content (AvgIpc) is 3.47. The summed E-state index contributed by atoms with van der Waals surface area (Å²) in [5.41, 5.74) is 10.1. The zero-order chi connectivity index (χ0) is 27.5. The van der Waals surface area contributed by atoms with Crippen molar-refractivity contribution >= 4 is 22.4 Å². The highest BCUT2D eigenvalue weighted by Gasteiger charge is 2.43. The van der Waals surface area contributed by atoms with Crippen LogP contribution < -0.4 is 9.80 Å². The second-order valence-corrected chi connectivity index (χ2v) is 12.5. The Kier molecular flexibility index (Phi) is 6.34. The number of aryl methyl sites for hydroxylation is 2. The van der Waals surface area contributed by atoms with Gasteiger partial charge in [-0.25, -0.2) is 9.97 Å². The maximum Gasteiger partial charge on any atom is 0.162 e. The number of aromatic nitrogens is 3. The number of rotatable bonds is 5. The van der Waals surface area contributed by atoms with Gasteiger partial charge in [0, 0.05) is 72.6 Å². The Labute approximate surface area is 237 Å². The molecule has 6 nitrogen and oxygen atoms in total. The predicted molar refractivity (Wildman–Crippen MR) is 163 cm³/mol. The van der Waals surface area contributed by atoms with E-state index >= 15 is 0 Å². The maximum atomic E-state index is 5.86. The van der Waals surface area contributed by atoms with E-state index in [1.54, 1.807) is 0 Å². The molecule has 7 rings (SSSR count). The quantitative estimate of drug-likeness (QED) is 0.296. The van der Waals surface area contributed by atoms with Crippen molar-refractivity contribution in [2.45, 2.75) is 90.4 Å². The van der Waals surface area contributed by atoms with Gasteiger partial charge in [0.15, 0.2) is 5.82 Å². The number of nitrogens with zero attached hydrogens (tertiary/aromatic N) is 4. The summed E-state index contributed by atoms with van der Waals surface area (Å²) in [6.45, 7) is 10.8. The number of nitrogens with one attached hydrogen (secondary N) is 1. The van der Waals surface area contributed by atoms with E-state index in [-0.39, 0.29) is 0 Å². The molecule has 3 atom stereocenters. The lowest BCUT2D eigenvalue weighted by atomic mass is 9.96. The zero-order valence-corrected chi connectivity index (χ0v) is 24.5. The number of aromatic amines is 1. The number of benzene rings is 2. The van der Waals surface area contributed by atoms with E-state index in [1.807, 2.05) is 7.11 Å². The van der Waals surface area contributed by atoms with Crippen LogP contribution in [0.5, 0.6) is 0 Å². The van der Waals surface area contributed by atoms with Crippen LogP contribution in [0.3, 0.4) is 0 Å². The lowest BCUT2D eigenvalue weighted by Crippen LogP contribution is -2.47. The van der Waals surface area contributed by atoms with Crippen LogP contribution in [0.4, 0.5) is 11.5 Å². The summed E-state index contributed by atoms with van der Waals surface area (Å²) in [5.74, 6) is 2.53. The van der Waals surface area contributed by atoms with Crippen molar-refractivity contribution in [3.63, 3.8) is 0 Å². The van der Waals surface area contributed by atoms with Crippen LogP contribution in [0.25, 0.3) is 22.3 Å². The van der Waals surface area contributed by atoms with Gasteiger partial charge in [-0.15, -0.1) is 0 Å². The standard InChI is InChI=1S/C34H41N5O/c1-20(2)23-10-9-21(3)31(15-23)38-14-13-29-28(19-38)34(39-24-11-12-25(39)17-26(16-24)40-5)37-33(36-29)27-7-6-8-30-32(27)22(4)18-35-30/h6-10,15,18,20,24-26,35H,11-14,16-17,19H2,1-5H3/t24-,25+,26?. The van der Waals surface area contributed by atoms with Crippen LogP contribution >= 0.6 is 0 Å². The highest BCUT2D eigenvalue weighted by molar-refractivity contribution is 5.96.